The van der Waals surface area contributed by atoms with E-state index in [9.17, 15) is 14.9 Å². The second-order valence-corrected chi connectivity index (χ2v) is 9.64. The molecule has 36 heavy (non-hydrogen) atoms. The lowest BCUT2D eigenvalue weighted by atomic mass is 9.86. The summed E-state index contributed by atoms with van der Waals surface area (Å²) >= 11 is 0. The number of hydrogen-bond acceptors (Lipinski definition) is 5. The highest BCUT2D eigenvalue weighted by molar-refractivity contribution is 6.11. The summed E-state index contributed by atoms with van der Waals surface area (Å²) in [5, 5.41) is 12.7. The Morgan fingerprint density at radius 3 is 2.33 bits per heavy atom. The largest absolute Gasteiger partial charge is 0.497 e. The molecule has 7 heteroatoms. The maximum absolute atomic E-state index is 13.4. The highest BCUT2D eigenvalue weighted by atomic mass is 16.6. The minimum Gasteiger partial charge on any atom is -0.497 e. The van der Waals surface area contributed by atoms with Crippen molar-refractivity contribution < 1.29 is 19.2 Å². The van der Waals surface area contributed by atoms with Crippen LogP contribution in [0.25, 0.3) is 22.0 Å². The van der Waals surface area contributed by atoms with Crippen molar-refractivity contribution in [3.8, 4) is 16.9 Å². The molecule has 4 aromatic rings. The molecule has 0 aliphatic rings. The van der Waals surface area contributed by atoms with Gasteiger partial charge in [0.15, 0.2) is 0 Å². The van der Waals surface area contributed by atoms with Crippen molar-refractivity contribution in [2.75, 3.05) is 13.7 Å². The van der Waals surface area contributed by atoms with E-state index < -0.39 is 10.9 Å². The molecule has 1 aromatic heterocycles. The van der Waals surface area contributed by atoms with Gasteiger partial charge in [0.2, 0.25) is 0 Å². The van der Waals surface area contributed by atoms with Crippen molar-refractivity contribution in [3.05, 3.63) is 93.7 Å². The Morgan fingerprint density at radius 1 is 1.03 bits per heavy atom. The number of non-ortho nitro benzene ring substituents is 1. The van der Waals surface area contributed by atoms with E-state index in [0.717, 1.165) is 16.7 Å². The summed E-state index contributed by atoms with van der Waals surface area (Å²) in [4.78, 5) is 25.1. The standard InChI is InChI=1S/C29H30N2O5/c1-6-36-28(32)27-25(20-13-15-21(16-14-20)29(2,3)4)23-11-8-12-24(31(33)34)26(23)30(27)18-19-9-7-10-22(17-19)35-5/h7-17H,6,18H2,1-5H3. The zero-order valence-electron chi connectivity index (χ0n) is 21.2. The fourth-order valence-corrected chi connectivity index (χ4v) is 4.49. The number of carbonyl (C=O) groups excluding carboxylic acids is 1. The van der Waals surface area contributed by atoms with E-state index in [2.05, 4.69) is 20.8 Å². The Kier molecular flexibility index (Phi) is 6.84. The van der Waals surface area contributed by atoms with Gasteiger partial charge in [-0.3, -0.25) is 10.1 Å². The predicted octanol–water partition coefficient (Wildman–Crippen LogP) is 6.75. The number of aromatic nitrogens is 1. The normalized spacial score (nSPS) is 11.5. The first kappa shape index (κ1) is 25.0. The van der Waals surface area contributed by atoms with E-state index in [-0.39, 0.29) is 29.9 Å². The van der Waals surface area contributed by atoms with Gasteiger partial charge in [0, 0.05) is 23.6 Å². The van der Waals surface area contributed by atoms with Gasteiger partial charge in [-0.2, -0.15) is 0 Å². The lowest BCUT2D eigenvalue weighted by Crippen LogP contribution is -2.14. The first-order valence-electron chi connectivity index (χ1n) is 11.9. The number of nitro benzene ring substituents is 1. The minimum atomic E-state index is -0.527. The number of methoxy groups -OCH3 is 1. The number of ether oxygens (including phenoxy) is 2. The van der Waals surface area contributed by atoms with Crippen LogP contribution < -0.4 is 4.74 Å². The molecule has 0 amide bonds. The van der Waals surface area contributed by atoms with Crippen LogP contribution in [0.15, 0.2) is 66.7 Å². The number of hydrogen-bond donors (Lipinski definition) is 0. The molecule has 0 atom stereocenters. The highest BCUT2D eigenvalue weighted by Gasteiger charge is 2.29. The summed E-state index contributed by atoms with van der Waals surface area (Å²) in [6.45, 7) is 8.56. The molecule has 0 saturated heterocycles. The number of nitrogens with zero attached hydrogens (tertiary/aromatic N) is 2. The van der Waals surface area contributed by atoms with Gasteiger partial charge >= 0.3 is 5.97 Å². The third-order valence-corrected chi connectivity index (χ3v) is 6.24. The zero-order valence-corrected chi connectivity index (χ0v) is 21.2. The maximum Gasteiger partial charge on any atom is 0.355 e. The van der Waals surface area contributed by atoms with Crippen molar-refractivity contribution in [2.24, 2.45) is 0 Å². The molecule has 0 saturated carbocycles. The van der Waals surface area contributed by atoms with Crippen LogP contribution >= 0.6 is 0 Å². The Bertz CT molecular complexity index is 1430. The summed E-state index contributed by atoms with van der Waals surface area (Å²) in [5.74, 6) is 0.134. The molecule has 0 aliphatic heterocycles. The quantitative estimate of drug-likeness (QED) is 0.164. The lowest BCUT2D eigenvalue weighted by Gasteiger charge is -2.19. The third-order valence-electron chi connectivity index (χ3n) is 6.24. The van der Waals surface area contributed by atoms with Crippen molar-refractivity contribution >= 4 is 22.6 Å². The van der Waals surface area contributed by atoms with E-state index in [1.54, 1.807) is 24.7 Å². The first-order chi connectivity index (χ1) is 17.2. The van der Waals surface area contributed by atoms with Crippen LogP contribution in [0.1, 0.15) is 49.3 Å². The van der Waals surface area contributed by atoms with Crippen molar-refractivity contribution in [1.29, 1.82) is 0 Å². The number of esters is 1. The SMILES string of the molecule is CCOC(=O)c1c(-c2ccc(C(C)(C)C)cc2)c2cccc([N+](=O)[O-])c2n1Cc1cccc(OC)c1. The van der Waals surface area contributed by atoms with Gasteiger partial charge in [-0.15, -0.1) is 0 Å². The van der Waals surface area contributed by atoms with Crippen LogP contribution in [0.4, 0.5) is 5.69 Å². The Hall–Kier alpha value is -4.13. The molecule has 1 heterocycles. The minimum absolute atomic E-state index is 0.0400. The number of benzene rings is 3. The summed E-state index contributed by atoms with van der Waals surface area (Å²) in [6.07, 6.45) is 0. The number of rotatable bonds is 7. The van der Waals surface area contributed by atoms with Crippen LogP contribution in [-0.2, 0) is 16.7 Å². The lowest BCUT2D eigenvalue weighted by molar-refractivity contribution is -0.383. The zero-order chi connectivity index (χ0) is 26.0. The van der Waals surface area contributed by atoms with Gasteiger partial charge in [-0.05, 0) is 41.2 Å². The van der Waals surface area contributed by atoms with Crippen molar-refractivity contribution in [1.82, 2.24) is 4.57 Å². The van der Waals surface area contributed by atoms with Crippen LogP contribution in [-0.4, -0.2) is 29.2 Å². The molecular weight excluding hydrogens is 456 g/mol. The molecule has 0 N–H and O–H groups in total. The third kappa shape index (κ3) is 4.69. The van der Waals surface area contributed by atoms with Gasteiger partial charge in [-0.25, -0.2) is 4.79 Å². The maximum atomic E-state index is 13.4. The average Bonchev–Trinajstić information content (AvgIpc) is 3.18. The van der Waals surface area contributed by atoms with E-state index in [0.29, 0.717) is 22.2 Å². The molecule has 0 fully saturated rings. The summed E-state index contributed by atoms with van der Waals surface area (Å²) in [5.41, 5.74) is 3.95. The monoisotopic (exact) mass is 486 g/mol. The highest BCUT2D eigenvalue weighted by Crippen LogP contribution is 2.40. The van der Waals surface area contributed by atoms with Gasteiger partial charge in [0.25, 0.3) is 5.69 Å². The van der Waals surface area contributed by atoms with E-state index in [1.165, 1.54) is 6.07 Å². The van der Waals surface area contributed by atoms with Crippen LogP contribution in [0, 0.1) is 10.1 Å². The Morgan fingerprint density at radius 2 is 1.72 bits per heavy atom. The van der Waals surface area contributed by atoms with E-state index >= 15 is 0 Å². The number of carbonyl (C=O) groups is 1. The molecular formula is C29H30N2O5. The Balaban J connectivity index is 2.05. The molecule has 0 bridgehead atoms. The molecule has 186 valence electrons. The Labute approximate surface area is 210 Å². The molecule has 7 nitrogen and oxygen atoms in total. The van der Waals surface area contributed by atoms with Crippen molar-refractivity contribution in [2.45, 2.75) is 39.7 Å². The second kappa shape index (κ2) is 9.85. The molecule has 0 radical (unpaired) electrons. The van der Waals surface area contributed by atoms with Gasteiger partial charge < -0.3 is 14.0 Å². The van der Waals surface area contributed by atoms with Crippen molar-refractivity contribution in [3.63, 3.8) is 0 Å². The average molecular weight is 487 g/mol. The molecule has 0 aliphatic carbocycles. The second-order valence-electron chi connectivity index (χ2n) is 9.64. The smallest absolute Gasteiger partial charge is 0.355 e. The summed E-state index contributed by atoms with van der Waals surface area (Å²) < 4.78 is 12.5. The first-order valence-corrected chi connectivity index (χ1v) is 11.9. The van der Waals surface area contributed by atoms with E-state index in [1.807, 2.05) is 54.6 Å². The van der Waals surface area contributed by atoms with Crippen LogP contribution in [0.5, 0.6) is 5.75 Å². The number of nitro groups is 1. The topological polar surface area (TPSA) is 83.6 Å². The number of para-hydroxylation sites is 1. The van der Waals surface area contributed by atoms with E-state index in [4.69, 9.17) is 9.47 Å². The fraction of sp³-hybridized carbons (Fsp3) is 0.276. The van der Waals surface area contributed by atoms with Crippen LogP contribution in [0.3, 0.4) is 0 Å². The summed E-state index contributed by atoms with van der Waals surface area (Å²) in [7, 11) is 1.58. The van der Waals surface area contributed by atoms with Gasteiger partial charge in [0.05, 0.1) is 18.6 Å². The molecule has 4 rings (SSSR count). The molecule has 0 spiro atoms. The summed E-state index contributed by atoms with van der Waals surface area (Å²) in [6, 6.07) is 20.4. The molecule has 0 unspecified atom stereocenters. The number of fused-ring (bicyclic) bond motifs is 1. The fourth-order valence-electron chi connectivity index (χ4n) is 4.49. The predicted molar refractivity (Wildman–Crippen MR) is 141 cm³/mol. The van der Waals surface area contributed by atoms with Crippen LogP contribution in [0.2, 0.25) is 0 Å². The molecule has 3 aromatic carbocycles. The van der Waals surface area contributed by atoms with Gasteiger partial charge in [-0.1, -0.05) is 69.3 Å². The van der Waals surface area contributed by atoms with Gasteiger partial charge in [0.1, 0.15) is 17.0 Å².